The Hall–Kier alpha value is -8.20. The highest BCUT2D eigenvalue weighted by molar-refractivity contribution is 6.02. The molecule has 0 aromatic heterocycles. The van der Waals surface area contributed by atoms with E-state index in [4.69, 9.17) is 4.74 Å². The third-order valence-electron chi connectivity index (χ3n) is 14.0. The van der Waals surface area contributed by atoms with Gasteiger partial charge in [-0.05, 0) is 110 Å². The van der Waals surface area contributed by atoms with E-state index in [0.717, 1.165) is 52.4 Å². The summed E-state index contributed by atoms with van der Waals surface area (Å²) in [4.78, 5) is 2.45. The van der Waals surface area contributed by atoms with Gasteiger partial charge in [-0.25, -0.2) is 0 Å². The third-order valence-corrected chi connectivity index (χ3v) is 14.0. The summed E-state index contributed by atoms with van der Waals surface area (Å²) in [6, 6.07) is 82.5. The highest BCUT2D eigenvalue weighted by atomic mass is 16.5. The summed E-state index contributed by atoms with van der Waals surface area (Å²) in [6.45, 7) is 0. The molecule has 2 heteroatoms. The molecule has 10 aromatic carbocycles. The first kappa shape index (κ1) is 37.4. The second-order valence-corrected chi connectivity index (χ2v) is 17.4. The summed E-state index contributed by atoms with van der Waals surface area (Å²) in [6.07, 6.45) is 6.64. The van der Waals surface area contributed by atoms with Crippen LogP contribution >= 0.6 is 0 Å². The largest absolute Gasteiger partial charge is 0.455 e. The fourth-order valence-electron chi connectivity index (χ4n) is 11.2. The Kier molecular flexibility index (Phi) is 8.60. The van der Waals surface area contributed by atoms with E-state index in [2.05, 4.69) is 242 Å². The highest BCUT2D eigenvalue weighted by Gasteiger charge is 2.52. The van der Waals surface area contributed by atoms with Crippen molar-refractivity contribution < 1.29 is 4.74 Å². The van der Waals surface area contributed by atoms with Crippen molar-refractivity contribution in [3.8, 4) is 56.0 Å². The number of rotatable bonds is 6. The number of ether oxygens (including phenoxy) is 1. The zero-order valence-electron chi connectivity index (χ0n) is 35.8. The number of hydrogen-bond donors (Lipinski definition) is 0. The number of nitrogens with zero attached hydrogens (tertiary/aromatic N) is 1. The fraction of sp³-hybridized carbons (Fsp3) is 0.0476. The SMILES string of the molecule is C1=Cc2c(ccc3c2Oc2c(ccc4ccccc24)C32c3ccccc3-c3c(-c4ccccc4N(c4ccccc4)c4cc(-c5ccccc5)cc(-c5ccccc5)c4)cccc32)CC1. The Morgan fingerprint density at radius 2 is 1.03 bits per heavy atom. The van der Waals surface area contributed by atoms with E-state index >= 15 is 0 Å². The molecule has 2 aliphatic carbocycles. The van der Waals surface area contributed by atoms with Gasteiger partial charge >= 0.3 is 0 Å². The topological polar surface area (TPSA) is 12.5 Å². The van der Waals surface area contributed by atoms with Crippen molar-refractivity contribution in [2.45, 2.75) is 18.3 Å². The Bertz CT molecular complexity index is 3460. The molecular weight excluding hydrogens is 787 g/mol. The molecule has 1 unspecified atom stereocenters. The zero-order chi connectivity index (χ0) is 42.9. The second-order valence-electron chi connectivity index (χ2n) is 17.4. The quantitative estimate of drug-likeness (QED) is 0.166. The minimum Gasteiger partial charge on any atom is -0.455 e. The first-order chi connectivity index (χ1) is 32.3. The molecule has 1 heterocycles. The summed E-state index contributed by atoms with van der Waals surface area (Å²) in [7, 11) is 0. The first-order valence-electron chi connectivity index (χ1n) is 22.7. The molecule has 0 saturated carbocycles. The number of fused-ring (bicyclic) bond motifs is 13. The number of hydrogen-bond acceptors (Lipinski definition) is 2. The zero-order valence-corrected chi connectivity index (χ0v) is 35.8. The van der Waals surface area contributed by atoms with Crippen LogP contribution < -0.4 is 9.64 Å². The van der Waals surface area contributed by atoms with Crippen LogP contribution in [0.25, 0.3) is 61.4 Å². The minimum absolute atomic E-state index is 0.627. The lowest BCUT2D eigenvalue weighted by molar-refractivity contribution is 0.439. The van der Waals surface area contributed by atoms with Crippen molar-refractivity contribution in [3.05, 3.63) is 264 Å². The van der Waals surface area contributed by atoms with Gasteiger partial charge in [-0.15, -0.1) is 0 Å². The monoisotopic (exact) mass is 829 g/mol. The van der Waals surface area contributed by atoms with Gasteiger partial charge in [0.05, 0.1) is 11.1 Å². The predicted molar refractivity (Wildman–Crippen MR) is 270 cm³/mol. The molecule has 2 nitrogen and oxygen atoms in total. The van der Waals surface area contributed by atoms with Crippen LogP contribution in [0.2, 0.25) is 0 Å². The highest BCUT2D eigenvalue weighted by Crippen LogP contribution is 2.65. The average Bonchev–Trinajstić information content (AvgIpc) is 3.68. The van der Waals surface area contributed by atoms with Crippen LogP contribution in [0.4, 0.5) is 17.1 Å². The Labute approximate surface area is 380 Å². The molecule has 13 rings (SSSR count). The van der Waals surface area contributed by atoms with Crippen molar-refractivity contribution in [1.82, 2.24) is 0 Å². The van der Waals surface area contributed by atoms with Gasteiger partial charge < -0.3 is 9.64 Å². The van der Waals surface area contributed by atoms with Crippen LogP contribution in [0, 0.1) is 0 Å². The molecular formula is C63H43NO. The van der Waals surface area contributed by atoms with Crippen LogP contribution in [-0.4, -0.2) is 0 Å². The summed E-state index contributed by atoms with van der Waals surface area (Å²) in [5.41, 5.74) is 19.7. The van der Waals surface area contributed by atoms with Gasteiger partial charge in [0, 0.05) is 39.0 Å². The maximum atomic E-state index is 7.29. The van der Waals surface area contributed by atoms with E-state index in [1.54, 1.807) is 0 Å². The van der Waals surface area contributed by atoms with E-state index in [1.807, 2.05) is 0 Å². The Morgan fingerprint density at radius 1 is 0.415 bits per heavy atom. The van der Waals surface area contributed by atoms with Crippen LogP contribution in [0.3, 0.4) is 0 Å². The summed E-state index contributed by atoms with van der Waals surface area (Å²) in [5, 5.41) is 2.30. The van der Waals surface area contributed by atoms with Gasteiger partial charge in [-0.3, -0.25) is 0 Å². The molecule has 1 aliphatic heterocycles. The number of aryl methyl sites for hydroxylation is 1. The molecule has 0 radical (unpaired) electrons. The Morgan fingerprint density at radius 3 is 1.82 bits per heavy atom. The number of allylic oxidation sites excluding steroid dienone is 1. The van der Waals surface area contributed by atoms with Crippen molar-refractivity contribution in [2.24, 2.45) is 0 Å². The van der Waals surface area contributed by atoms with E-state index in [1.165, 1.54) is 77.7 Å². The molecule has 1 spiro atoms. The smallest absolute Gasteiger partial charge is 0.140 e. The van der Waals surface area contributed by atoms with E-state index in [9.17, 15) is 0 Å². The predicted octanol–water partition coefficient (Wildman–Crippen LogP) is 16.7. The van der Waals surface area contributed by atoms with Gasteiger partial charge in [-0.2, -0.15) is 0 Å². The first-order valence-corrected chi connectivity index (χ1v) is 22.7. The number of benzene rings is 10. The lowest BCUT2D eigenvalue weighted by Gasteiger charge is -2.41. The molecule has 10 aromatic rings. The molecule has 0 N–H and O–H groups in total. The molecule has 0 bridgehead atoms. The molecule has 65 heavy (non-hydrogen) atoms. The van der Waals surface area contributed by atoms with Crippen molar-refractivity contribution >= 4 is 33.9 Å². The van der Waals surface area contributed by atoms with Crippen LogP contribution in [0.15, 0.2) is 231 Å². The van der Waals surface area contributed by atoms with Gasteiger partial charge in [0.25, 0.3) is 0 Å². The van der Waals surface area contributed by atoms with Crippen LogP contribution in [0.1, 0.15) is 39.8 Å². The van der Waals surface area contributed by atoms with Crippen LogP contribution in [0.5, 0.6) is 11.5 Å². The van der Waals surface area contributed by atoms with Gasteiger partial charge in [0.2, 0.25) is 0 Å². The lowest BCUT2D eigenvalue weighted by atomic mass is 9.65. The van der Waals surface area contributed by atoms with Crippen LogP contribution in [-0.2, 0) is 11.8 Å². The fourth-order valence-corrected chi connectivity index (χ4v) is 11.2. The number of anilines is 3. The van der Waals surface area contributed by atoms with E-state index in [0.29, 0.717) is 0 Å². The Balaban J connectivity index is 1.09. The van der Waals surface area contributed by atoms with Gasteiger partial charge in [0.1, 0.15) is 11.5 Å². The standard InChI is InChI=1S/C63H43NO/c1-4-19-42(20-5-1)46-39-47(43-21-6-2-7-22-43)41-49(40-46)64(48-25-8-3-9-26-48)59-34-17-15-29-52(59)53-31-18-33-56-60(53)54-30-14-16-32-55(54)63(56)57-37-35-44-23-10-12-27-50(44)61(57)65-62-51-28-13-11-24-45(51)36-38-58(62)63/h1-10,12-23,25-41H,11,24H2. The van der Waals surface area contributed by atoms with Crippen molar-refractivity contribution in [1.29, 1.82) is 0 Å². The van der Waals surface area contributed by atoms with Gasteiger partial charge in [0.15, 0.2) is 0 Å². The molecule has 306 valence electrons. The maximum Gasteiger partial charge on any atom is 0.140 e. The maximum absolute atomic E-state index is 7.29. The lowest BCUT2D eigenvalue weighted by Crippen LogP contribution is -2.32. The molecule has 0 saturated heterocycles. The molecule has 1 atom stereocenters. The third kappa shape index (κ3) is 5.74. The van der Waals surface area contributed by atoms with Crippen molar-refractivity contribution in [2.75, 3.05) is 4.90 Å². The van der Waals surface area contributed by atoms with E-state index in [-0.39, 0.29) is 0 Å². The summed E-state index contributed by atoms with van der Waals surface area (Å²) in [5.74, 6) is 1.91. The minimum atomic E-state index is -0.627. The second kappa shape index (κ2) is 15.0. The van der Waals surface area contributed by atoms with Gasteiger partial charge in [-0.1, -0.05) is 200 Å². The molecule has 0 amide bonds. The average molecular weight is 830 g/mol. The van der Waals surface area contributed by atoms with E-state index < -0.39 is 5.41 Å². The summed E-state index contributed by atoms with van der Waals surface area (Å²) < 4.78 is 7.29. The number of para-hydroxylation sites is 2. The molecule has 0 fully saturated rings. The molecule has 3 aliphatic rings. The summed E-state index contributed by atoms with van der Waals surface area (Å²) >= 11 is 0. The van der Waals surface area contributed by atoms with Crippen molar-refractivity contribution in [3.63, 3.8) is 0 Å². The normalized spacial score (nSPS) is 15.1.